The molecule has 0 aliphatic heterocycles. The van der Waals surface area contributed by atoms with E-state index in [0.29, 0.717) is 0 Å². The van der Waals surface area contributed by atoms with Crippen molar-refractivity contribution in [3.05, 3.63) is 16.0 Å². The molecule has 0 unspecified atom stereocenters. The van der Waals surface area contributed by atoms with Gasteiger partial charge in [0.1, 0.15) is 9.30 Å². The number of hydrogen-bond donors (Lipinski definition) is 1. The lowest BCUT2D eigenvalue weighted by molar-refractivity contribution is 0.0634. The first-order valence-electron chi connectivity index (χ1n) is 4.35. The lowest BCUT2D eigenvalue weighted by Crippen LogP contribution is -2.27. The molecule has 0 spiro atoms. The zero-order chi connectivity index (χ0) is 11.5. The summed E-state index contributed by atoms with van der Waals surface area (Å²) in [6.45, 7) is 5.38. The lowest BCUT2D eigenvalue weighted by atomic mass is 10.2. The van der Waals surface area contributed by atoms with E-state index >= 15 is 0 Å². The minimum absolute atomic E-state index is 0.246. The quantitative estimate of drug-likeness (QED) is 0.637. The molecule has 6 heteroatoms. The summed E-state index contributed by atoms with van der Waals surface area (Å²) in [4.78, 5) is 19.2. The molecular formula is C9H12IN3O2. The first kappa shape index (κ1) is 12.2. The summed E-state index contributed by atoms with van der Waals surface area (Å²) in [5, 5.41) is 2.45. The zero-order valence-electron chi connectivity index (χ0n) is 8.74. The third-order valence-corrected chi connectivity index (χ3v) is 1.84. The summed E-state index contributed by atoms with van der Waals surface area (Å²) in [7, 11) is 0. The number of rotatable bonds is 1. The molecule has 0 aromatic carbocycles. The van der Waals surface area contributed by atoms with Crippen LogP contribution in [0.25, 0.3) is 0 Å². The minimum atomic E-state index is -0.551. The number of nitrogens with zero attached hydrogens (tertiary/aromatic N) is 2. The molecule has 1 aromatic rings. The third kappa shape index (κ3) is 4.91. The van der Waals surface area contributed by atoms with Gasteiger partial charge in [-0.05, 0) is 49.4 Å². The Kier molecular flexibility index (Phi) is 3.83. The monoisotopic (exact) mass is 321 g/mol. The van der Waals surface area contributed by atoms with Gasteiger partial charge in [0.15, 0.2) is 0 Å². The van der Waals surface area contributed by atoms with Crippen LogP contribution in [0.15, 0.2) is 12.3 Å². The molecule has 0 radical (unpaired) electrons. The average molecular weight is 321 g/mol. The van der Waals surface area contributed by atoms with Gasteiger partial charge >= 0.3 is 6.09 Å². The Hall–Kier alpha value is -0.920. The van der Waals surface area contributed by atoms with Crippen LogP contribution in [0.4, 0.5) is 10.7 Å². The standard InChI is InChI=1S/C9H12IN3O2/c1-9(2,3)15-8(14)13-7-11-5-4-6(10)12-7/h4-5H,1-3H3,(H,11,12,13,14). The van der Waals surface area contributed by atoms with Crippen LogP contribution in [0.1, 0.15) is 20.8 Å². The van der Waals surface area contributed by atoms with Crippen molar-refractivity contribution in [3.63, 3.8) is 0 Å². The maximum Gasteiger partial charge on any atom is 0.414 e. The fourth-order valence-corrected chi connectivity index (χ4v) is 1.18. The van der Waals surface area contributed by atoms with Gasteiger partial charge < -0.3 is 4.74 Å². The van der Waals surface area contributed by atoms with E-state index in [2.05, 4.69) is 15.3 Å². The molecule has 0 atom stereocenters. The van der Waals surface area contributed by atoms with Crippen LogP contribution in [0.3, 0.4) is 0 Å². The Morgan fingerprint density at radius 1 is 1.53 bits per heavy atom. The maximum atomic E-state index is 11.3. The number of halogens is 1. The molecule has 1 amide bonds. The van der Waals surface area contributed by atoms with Gasteiger partial charge in [-0.3, -0.25) is 5.32 Å². The van der Waals surface area contributed by atoms with Crippen LogP contribution in [0.2, 0.25) is 0 Å². The average Bonchev–Trinajstić information content (AvgIpc) is 1.99. The Morgan fingerprint density at radius 2 is 2.20 bits per heavy atom. The number of nitrogens with one attached hydrogen (secondary N) is 1. The highest BCUT2D eigenvalue weighted by molar-refractivity contribution is 14.1. The van der Waals surface area contributed by atoms with Crippen molar-refractivity contribution in [2.75, 3.05) is 5.32 Å². The van der Waals surface area contributed by atoms with E-state index in [4.69, 9.17) is 4.74 Å². The van der Waals surface area contributed by atoms with Gasteiger partial charge in [0.2, 0.25) is 5.95 Å². The largest absolute Gasteiger partial charge is 0.444 e. The number of hydrogen-bond acceptors (Lipinski definition) is 4. The van der Waals surface area contributed by atoms with Gasteiger partial charge in [0.25, 0.3) is 0 Å². The Bertz CT molecular complexity index is 363. The van der Waals surface area contributed by atoms with Gasteiger partial charge in [-0.2, -0.15) is 0 Å². The van der Waals surface area contributed by atoms with Gasteiger partial charge in [0, 0.05) is 6.20 Å². The van der Waals surface area contributed by atoms with Gasteiger partial charge in [0.05, 0.1) is 0 Å². The number of carbonyl (C=O) groups is 1. The molecule has 0 saturated carbocycles. The van der Waals surface area contributed by atoms with Crippen LogP contribution < -0.4 is 5.32 Å². The smallest absolute Gasteiger partial charge is 0.414 e. The second-order valence-electron chi connectivity index (χ2n) is 3.83. The Morgan fingerprint density at radius 3 is 2.73 bits per heavy atom. The zero-order valence-corrected chi connectivity index (χ0v) is 10.9. The molecule has 1 aromatic heterocycles. The van der Waals surface area contributed by atoms with Crippen LogP contribution in [-0.4, -0.2) is 21.7 Å². The van der Waals surface area contributed by atoms with Crippen molar-refractivity contribution in [1.29, 1.82) is 0 Å². The third-order valence-electron chi connectivity index (χ3n) is 1.23. The number of anilines is 1. The molecule has 0 bridgehead atoms. The molecule has 0 aliphatic rings. The first-order valence-corrected chi connectivity index (χ1v) is 5.43. The van der Waals surface area contributed by atoms with Crippen LogP contribution in [-0.2, 0) is 4.74 Å². The topological polar surface area (TPSA) is 64.1 Å². The predicted octanol–water partition coefficient (Wildman–Crippen LogP) is 2.43. The molecular weight excluding hydrogens is 309 g/mol. The number of aromatic nitrogens is 2. The summed E-state index contributed by atoms with van der Waals surface area (Å²) in [5.74, 6) is 0.246. The van der Waals surface area contributed by atoms with E-state index in [9.17, 15) is 4.79 Å². The minimum Gasteiger partial charge on any atom is -0.444 e. The fourth-order valence-electron chi connectivity index (χ4n) is 0.792. The highest BCUT2D eigenvalue weighted by Gasteiger charge is 2.16. The molecule has 5 nitrogen and oxygen atoms in total. The molecule has 0 saturated heterocycles. The van der Waals surface area contributed by atoms with Crippen LogP contribution >= 0.6 is 22.6 Å². The molecule has 82 valence electrons. The fraction of sp³-hybridized carbons (Fsp3) is 0.444. The van der Waals surface area contributed by atoms with Crippen molar-refractivity contribution in [2.24, 2.45) is 0 Å². The van der Waals surface area contributed by atoms with Gasteiger partial charge in [-0.15, -0.1) is 0 Å². The van der Waals surface area contributed by atoms with E-state index in [-0.39, 0.29) is 5.95 Å². The van der Waals surface area contributed by atoms with Crippen molar-refractivity contribution in [3.8, 4) is 0 Å². The van der Waals surface area contributed by atoms with E-state index in [1.165, 1.54) is 0 Å². The molecule has 1 rings (SSSR count). The number of ether oxygens (including phenoxy) is 1. The van der Waals surface area contributed by atoms with E-state index in [1.807, 2.05) is 22.6 Å². The summed E-state index contributed by atoms with van der Waals surface area (Å²) in [6, 6.07) is 1.74. The Balaban J connectivity index is 2.59. The summed E-state index contributed by atoms with van der Waals surface area (Å²) >= 11 is 2.04. The lowest BCUT2D eigenvalue weighted by Gasteiger charge is -2.19. The van der Waals surface area contributed by atoms with E-state index in [1.54, 1.807) is 33.0 Å². The van der Waals surface area contributed by atoms with Crippen molar-refractivity contribution in [2.45, 2.75) is 26.4 Å². The summed E-state index contributed by atoms with van der Waals surface area (Å²) in [5.41, 5.74) is -0.522. The van der Waals surface area contributed by atoms with Crippen LogP contribution in [0.5, 0.6) is 0 Å². The second-order valence-corrected chi connectivity index (χ2v) is 4.94. The van der Waals surface area contributed by atoms with Crippen LogP contribution in [0, 0.1) is 3.70 Å². The molecule has 1 heterocycles. The van der Waals surface area contributed by atoms with Gasteiger partial charge in [-0.25, -0.2) is 14.8 Å². The first-order chi connectivity index (χ1) is 6.87. The molecule has 0 fully saturated rings. The predicted molar refractivity (Wildman–Crippen MR) is 64.6 cm³/mol. The van der Waals surface area contributed by atoms with Gasteiger partial charge in [-0.1, -0.05) is 0 Å². The number of amides is 1. The van der Waals surface area contributed by atoms with Crippen molar-refractivity contribution in [1.82, 2.24) is 9.97 Å². The summed E-state index contributed by atoms with van der Waals surface area (Å²) in [6.07, 6.45) is 1.02. The normalized spacial score (nSPS) is 10.9. The van der Waals surface area contributed by atoms with E-state index in [0.717, 1.165) is 3.70 Å². The number of carbonyl (C=O) groups excluding carboxylic acids is 1. The second kappa shape index (κ2) is 4.73. The molecule has 15 heavy (non-hydrogen) atoms. The Labute approximate surface area is 102 Å². The maximum absolute atomic E-state index is 11.3. The van der Waals surface area contributed by atoms with Crippen molar-refractivity contribution >= 4 is 34.6 Å². The van der Waals surface area contributed by atoms with Crippen molar-refractivity contribution < 1.29 is 9.53 Å². The molecule has 1 N–H and O–H groups in total. The molecule has 0 aliphatic carbocycles. The highest BCUT2D eigenvalue weighted by Crippen LogP contribution is 2.09. The summed E-state index contributed by atoms with van der Waals surface area (Å²) < 4.78 is 5.81. The highest BCUT2D eigenvalue weighted by atomic mass is 127. The SMILES string of the molecule is CC(C)(C)OC(=O)Nc1nccc(I)n1. The van der Waals surface area contributed by atoms with E-state index < -0.39 is 11.7 Å².